The van der Waals surface area contributed by atoms with E-state index in [1.807, 2.05) is 6.92 Å². The zero-order valence-corrected chi connectivity index (χ0v) is 12.4. The third-order valence-corrected chi connectivity index (χ3v) is 4.22. The quantitative estimate of drug-likeness (QED) is 0.852. The van der Waals surface area contributed by atoms with Gasteiger partial charge in [0.1, 0.15) is 5.15 Å². The summed E-state index contributed by atoms with van der Waals surface area (Å²) in [4.78, 5) is 28.9. The zero-order valence-electron chi connectivity index (χ0n) is 10.8. The van der Waals surface area contributed by atoms with Gasteiger partial charge in [0, 0.05) is 18.8 Å². The average molecular weight is 317 g/mol. The molecule has 1 fully saturated rings. The Morgan fingerprint density at radius 1 is 1.45 bits per heavy atom. The number of hydrogen-bond acceptors (Lipinski definition) is 3. The molecule has 2 heterocycles. The van der Waals surface area contributed by atoms with Gasteiger partial charge in [0.15, 0.2) is 0 Å². The molecule has 1 N–H and O–H groups in total. The summed E-state index contributed by atoms with van der Waals surface area (Å²) in [5.74, 6) is -1.39. The molecule has 5 nitrogen and oxygen atoms in total. The molecule has 1 amide bonds. The summed E-state index contributed by atoms with van der Waals surface area (Å²) >= 11 is 11.6. The van der Waals surface area contributed by atoms with Crippen molar-refractivity contribution in [3.8, 4) is 0 Å². The number of pyridine rings is 1. The number of carbonyl (C=O) groups is 2. The zero-order chi connectivity index (χ0) is 14.9. The van der Waals surface area contributed by atoms with Crippen LogP contribution in [0.1, 0.15) is 30.1 Å². The lowest BCUT2D eigenvalue weighted by molar-refractivity contribution is -0.143. The molecule has 7 heteroatoms. The number of aromatic nitrogens is 1. The lowest BCUT2D eigenvalue weighted by Gasteiger charge is -2.36. The monoisotopic (exact) mass is 316 g/mol. The van der Waals surface area contributed by atoms with E-state index in [-0.39, 0.29) is 28.0 Å². The van der Waals surface area contributed by atoms with Crippen LogP contribution in [-0.2, 0) is 4.79 Å². The van der Waals surface area contributed by atoms with Crippen LogP contribution in [-0.4, -0.2) is 39.5 Å². The molecule has 1 aromatic rings. The highest BCUT2D eigenvalue weighted by molar-refractivity contribution is 6.41. The number of aliphatic carboxylic acids is 1. The van der Waals surface area contributed by atoms with Crippen molar-refractivity contribution in [2.75, 3.05) is 6.54 Å². The molecule has 108 valence electrons. The van der Waals surface area contributed by atoms with Gasteiger partial charge in [0.25, 0.3) is 5.91 Å². The fourth-order valence-corrected chi connectivity index (χ4v) is 2.67. The van der Waals surface area contributed by atoms with E-state index in [1.54, 1.807) is 4.90 Å². The number of piperidine rings is 1. The Labute approximate surface area is 126 Å². The van der Waals surface area contributed by atoms with Crippen LogP contribution in [0.2, 0.25) is 10.2 Å². The van der Waals surface area contributed by atoms with Gasteiger partial charge in [0.05, 0.1) is 16.5 Å². The number of rotatable bonds is 2. The summed E-state index contributed by atoms with van der Waals surface area (Å²) in [6.07, 6.45) is 2.29. The van der Waals surface area contributed by atoms with Crippen LogP contribution in [0.4, 0.5) is 0 Å². The first kappa shape index (κ1) is 15.1. The number of halogens is 2. The first-order chi connectivity index (χ1) is 9.40. The van der Waals surface area contributed by atoms with Crippen molar-refractivity contribution in [2.24, 2.45) is 5.92 Å². The van der Waals surface area contributed by atoms with Crippen molar-refractivity contribution in [1.29, 1.82) is 0 Å². The number of hydrogen-bond donors (Lipinski definition) is 1. The maximum atomic E-state index is 12.4. The fourth-order valence-electron chi connectivity index (χ4n) is 2.40. The van der Waals surface area contributed by atoms with Gasteiger partial charge in [-0.1, -0.05) is 23.2 Å². The summed E-state index contributed by atoms with van der Waals surface area (Å²) in [6.45, 7) is 2.26. The molecule has 0 spiro atoms. The topological polar surface area (TPSA) is 70.5 Å². The van der Waals surface area contributed by atoms with Crippen LogP contribution in [0.25, 0.3) is 0 Å². The highest BCUT2D eigenvalue weighted by atomic mass is 35.5. The van der Waals surface area contributed by atoms with E-state index < -0.39 is 5.97 Å². The van der Waals surface area contributed by atoms with Crippen molar-refractivity contribution in [3.63, 3.8) is 0 Å². The fraction of sp³-hybridized carbons (Fsp3) is 0.462. The van der Waals surface area contributed by atoms with Crippen molar-refractivity contribution in [1.82, 2.24) is 9.88 Å². The number of likely N-dealkylation sites (tertiary alicyclic amines) is 1. The van der Waals surface area contributed by atoms with E-state index in [1.165, 1.54) is 12.3 Å². The van der Waals surface area contributed by atoms with Crippen LogP contribution in [0.3, 0.4) is 0 Å². The van der Waals surface area contributed by atoms with Gasteiger partial charge in [-0.05, 0) is 25.8 Å². The lowest BCUT2D eigenvalue weighted by Crippen LogP contribution is -2.46. The van der Waals surface area contributed by atoms with Gasteiger partial charge in [0.2, 0.25) is 0 Å². The molecule has 1 aromatic heterocycles. The Kier molecular flexibility index (Phi) is 4.50. The molecular formula is C13H14Cl2N2O3. The molecule has 1 saturated heterocycles. The summed E-state index contributed by atoms with van der Waals surface area (Å²) in [5, 5.41) is 9.40. The SMILES string of the molecule is CC1CC(C(=O)O)CCN1C(=O)c1cnc(Cl)c(Cl)c1. The predicted molar refractivity (Wildman–Crippen MR) is 75.1 cm³/mol. The number of carbonyl (C=O) groups excluding carboxylic acids is 1. The van der Waals surface area contributed by atoms with Gasteiger partial charge in [-0.2, -0.15) is 0 Å². The van der Waals surface area contributed by atoms with Crippen molar-refractivity contribution >= 4 is 35.1 Å². The molecule has 1 aliphatic rings. The smallest absolute Gasteiger partial charge is 0.306 e. The Morgan fingerprint density at radius 2 is 2.15 bits per heavy atom. The van der Waals surface area contributed by atoms with Gasteiger partial charge in [-0.15, -0.1) is 0 Å². The highest BCUT2D eigenvalue weighted by Crippen LogP contribution is 2.26. The van der Waals surface area contributed by atoms with Gasteiger partial charge < -0.3 is 10.0 Å². The molecule has 0 bridgehead atoms. The number of carboxylic acids is 1. The first-order valence-corrected chi connectivity index (χ1v) is 7.00. The third kappa shape index (κ3) is 3.04. The Balaban J connectivity index is 2.13. The van der Waals surface area contributed by atoms with E-state index in [2.05, 4.69) is 4.98 Å². The largest absolute Gasteiger partial charge is 0.481 e. The van der Waals surface area contributed by atoms with E-state index in [4.69, 9.17) is 28.3 Å². The number of amides is 1. The summed E-state index contributed by atoms with van der Waals surface area (Å²) < 4.78 is 0. The number of nitrogens with zero attached hydrogens (tertiary/aromatic N) is 2. The molecule has 0 radical (unpaired) electrons. The first-order valence-electron chi connectivity index (χ1n) is 6.25. The van der Waals surface area contributed by atoms with Crippen LogP contribution in [0, 0.1) is 5.92 Å². The van der Waals surface area contributed by atoms with Gasteiger partial charge >= 0.3 is 5.97 Å². The minimum atomic E-state index is -0.805. The predicted octanol–water partition coefficient (Wildman–Crippen LogP) is 2.71. The molecule has 2 unspecified atom stereocenters. The molecule has 2 rings (SSSR count). The van der Waals surface area contributed by atoms with Crippen LogP contribution in [0.5, 0.6) is 0 Å². The molecule has 0 aliphatic carbocycles. The Bertz CT molecular complexity index is 550. The maximum Gasteiger partial charge on any atom is 0.306 e. The third-order valence-electron chi connectivity index (χ3n) is 3.53. The van der Waals surface area contributed by atoms with Crippen molar-refractivity contribution in [3.05, 3.63) is 28.0 Å². The average Bonchev–Trinajstić information content (AvgIpc) is 2.41. The van der Waals surface area contributed by atoms with E-state index >= 15 is 0 Å². The molecule has 0 aromatic carbocycles. The second-order valence-electron chi connectivity index (χ2n) is 4.90. The molecular weight excluding hydrogens is 303 g/mol. The summed E-state index contributed by atoms with van der Waals surface area (Å²) in [7, 11) is 0. The van der Waals surface area contributed by atoms with Crippen molar-refractivity contribution in [2.45, 2.75) is 25.8 Å². The Hall–Kier alpha value is -1.33. The molecule has 20 heavy (non-hydrogen) atoms. The highest BCUT2D eigenvalue weighted by Gasteiger charge is 2.32. The van der Waals surface area contributed by atoms with E-state index in [9.17, 15) is 9.59 Å². The van der Waals surface area contributed by atoms with Gasteiger partial charge in [-0.25, -0.2) is 4.98 Å². The maximum absolute atomic E-state index is 12.4. The number of carboxylic acid groups (broad SMARTS) is 1. The molecule has 2 atom stereocenters. The normalized spacial score (nSPS) is 22.6. The lowest BCUT2D eigenvalue weighted by atomic mass is 9.91. The minimum absolute atomic E-state index is 0.133. The molecule has 1 aliphatic heterocycles. The molecule has 0 saturated carbocycles. The van der Waals surface area contributed by atoms with Crippen LogP contribution < -0.4 is 0 Å². The summed E-state index contributed by atoms with van der Waals surface area (Å²) in [5.41, 5.74) is 0.361. The van der Waals surface area contributed by atoms with Crippen LogP contribution in [0.15, 0.2) is 12.3 Å². The van der Waals surface area contributed by atoms with Crippen LogP contribution >= 0.6 is 23.2 Å². The second-order valence-corrected chi connectivity index (χ2v) is 5.67. The summed E-state index contributed by atoms with van der Waals surface area (Å²) in [6, 6.07) is 1.35. The standard InChI is InChI=1S/C13H14Cl2N2O3/c1-7-4-8(13(19)20)2-3-17(7)12(18)9-5-10(14)11(15)16-6-9/h5-8H,2-4H2,1H3,(H,19,20). The van der Waals surface area contributed by atoms with Gasteiger partial charge in [-0.3, -0.25) is 9.59 Å². The van der Waals surface area contributed by atoms with E-state index in [0.29, 0.717) is 24.9 Å². The second kappa shape index (κ2) is 5.97. The Morgan fingerprint density at radius 3 is 2.70 bits per heavy atom. The van der Waals surface area contributed by atoms with E-state index in [0.717, 1.165) is 0 Å². The van der Waals surface area contributed by atoms with Crippen molar-refractivity contribution < 1.29 is 14.7 Å². The minimum Gasteiger partial charge on any atom is -0.481 e.